The monoisotopic (exact) mass is 611 g/mol. The van der Waals surface area contributed by atoms with E-state index in [9.17, 15) is 45.0 Å². The van der Waals surface area contributed by atoms with Crippen molar-refractivity contribution in [2.45, 2.75) is 43.2 Å². The van der Waals surface area contributed by atoms with Crippen LogP contribution in [-0.4, -0.2) is 47.5 Å². The van der Waals surface area contributed by atoms with Crippen molar-refractivity contribution < 1.29 is 49.8 Å². The van der Waals surface area contributed by atoms with Crippen LogP contribution in [0, 0.1) is 5.82 Å². The first kappa shape index (κ1) is 31.9. The first-order chi connectivity index (χ1) is 19.1. The van der Waals surface area contributed by atoms with Crippen LogP contribution in [-0.2, 0) is 12.0 Å². The number of urea groups is 1. The number of hydrogen-bond acceptors (Lipinski definition) is 4. The minimum Gasteiger partial charge on any atom is -0.428 e. The summed E-state index contributed by atoms with van der Waals surface area (Å²) in [5.74, 6) is -2.23. The Kier molecular flexibility index (Phi) is 10.0. The number of ether oxygens (including phenoxy) is 1. The molecule has 0 bridgehead atoms. The lowest BCUT2D eigenvalue weighted by atomic mass is 9.80. The molecule has 0 spiro atoms. The van der Waals surface area contributed by atoms with Gasteiger partial charge in [-0.05, 0) is 35.4 Å². The fourth-order valence-electron chi connectivity index (χ4n) is 3.91. The van der Waals surface area contributed by atoms with Crippen molar-refractivity contribution in [2.24, 2.45) is 0 Å². The van der Waals surface area contributed by atoms with Gasteiger partial charge in [-0.25, -0.2) is 9.18 Å². The molecule has 0 aliphatic rings. The molecule has 0 saturated heterocycles. The molecule has 41 heavy (non-hydrogen) atoms. The highest BCUT2D eigenvalue weighted by Crippen LogP contribution is 2.37. The van der Waals surface area contributed by atoms with Crippen LogP contribution in [0.5, 0.6) is 5.75 Å². The molecule has 3 N–H and O–H groups in total. The van der Waals surface area contributed by atoms with Crippen LogP contribution in [0.1, 0.15) is 23.2 Å². The van der Waals surface area contributed by atoms with Gasteiger partial charge in [0, 0.05) is 25.2 Å². The van der Waals surface area contributed by atoms with E-state index < -0.39 is 60.9 Å². The number of amides is 2. The molecule has 15 heteroatoms. The summed E-state index contributed by atoms with van der Waals surface area (Å²) in [5.41, 5.74) is -1.84. The number of nitrogens with one attached hydrogen (secondary N) is 2. The fraction of sp³-hybridized carbons (Fsp3) is 0.308. The van der Waals surface area contributed by atoms with Crippen LogP contribution in [0.2, 0.25) is 5.02 Å². The molecule has 1 heterocycles. The molecular formula is C26H22ClF8N3O3. The Morgan fingerprint density at radius 3 is 2.29 bits per heavy atom. The third kappa shape index (κ3) is 8.92. The number of halogens is 9. The van der Waals surface area contributed by atoms with Gasteiger partial charge in [-0.3, -0.25) is 4.98 Å². The van der Waals surface area contributed by atoms with Gasteiger partial charge in [-0.2, -0.15) is 30.7 Å². The molecule has 2 atom stereocenters. The molecule has 1 aromatic heterocycles. The van der Waals surface area contributed by atoms with E-state index in [1.807, 2.05) is 0 Å². The van der Waals surface area contributed by atoms with Crippen LogP contribution in [0.3, 0.4) is 0 Å². The largest absolute Gasteiger partial charge is 0.461 e. The summed E-state index contributed by atoms with van der Waals surface area (Å²) in [4.78, 5) is 17.2. The van der Waals surface area contributed by atoms with Gasteiger partial charge < -0.3 is 20.5 Å². The number of carbonyl (C=O) groups is 1. The number of carbonyl (C=O) groups excluding carboxylic acids is 1. The van der Waals surface area contributed by atoms with Crippen molar-refractivity contribution >= 4 is 17.6 Å². The van der Waals surface area contributed by atoms with Crippen LogP contribution in [0.15, 0.2) is 66.9 Å². The van der Waals surface area contributed by atoms with E-state index in [1.165, 1.54) is 12.1 Å². The van der Waals surface area contributed by atoms with Gasteiger partial charge in [0.05, 0.1) is 23.2 Å². The first-order valence-corrected chi connectivity index (χ1v) is 12.1. The van der Waals surface area contributed by atoms with Crippen LogP contribution in [0.4, 0.5) is 39.9 Å². The van der Waals surface area contributed by atoms with Gasteiger partial charge in [0.2, 0.25) is 0 Å². The van der Waals surface area contributed by atoms with E-state index in [4.69, 9.17) is 11.6 Å². The number of aromatic nitrogens is 1. The van der Waals surface area contributed by atoms with Crippen molar-refractivity contribution in [3.8, 4) is 5.75 Å². The molecule has 0 aliphatic heterocycles. The number of aliphatic hydroxyl groups excluding tert-OH is 1. The Hall–Kier alpha value is -3.65. The summed E-state index contributed by atoms with van der Waals surface area (Å²) in [6, 6.07) is 11.6. The molecule has 6 nitrogen and oxygen atoms in total. The van der Waals surface area contributed by atoms with Gasteiger partial charge >= 0.3 is 24.7 Å². The van der Waals surface area contributed by atoms with E-state index >= 15 is 0 Å². The van der Waals surface area contributed by atoms with Gasteiger partial charge in [0.25, 0.3) is 0 Å². The van der Waals surface area contributed by atoms with Gasteiger partial charge in [0.1, 0.15) is 17.1 Å². The Bertz CT molecular complexity index is 1310. The number of benzene rings is 2. The number of rotatable bonds is 11. The number of nitrogens with zero attached hydrogens (tertiary/aromatic N) is 1. The highest BCUT2D eigenvalue weighted by Gasteiger charge is 2.45. The van der Waals surface area contributed by atoms with E-state index in [0.29, 0.717) is 11.6 Å². The third-order valence-electron chi connectivity index (χ3n) is 5.64. The second-order valence-corrected chi connectivity index (χ2v) is 9.31. The van der Waals surface area contributed by atoms with E-state index in [-0.39, 0.29) is 22.7 Å². The number of hydrogen-bond donors (Lipinski definition) is 3. The Labute approximate surface area is 233 Å². The van der Waals surface area contributed by atoms with E-state index in [1.54, 1.807) is 30.3 Å². The quantitative estimate of drug-likeness (QED) is 0.225. The molecule has 2 amide bonds. The molecule has 3 aromatic rings. The van der Waals surface area contributed by atoms with Gasteiger partial charge in [-0.1, -0.05) is 41.9 Å². The topological polar surface area (TPSA) is 83.5 Å². The third-order valence-corrected chi connectivity index (χ3v) is 5.86. The van der Waals surface area contributed by atoms with E-state index in [0.717, 1.165) is 18.3 Å². The highest BCUT2D eigenvalue weighted by molar-refractivity contribution is 6.30. The van der Waals surface area contributed by atoms with Crippen molar-refractivity contribution in [1.29, 1.82) is 0 Å². The van der Waals surface area contributed by atoms with Crippen molar-refractivity contribution in [3.63, 3.8) is 0 Å². The zero-order valence-corrected chi connectivity index (χ0v) is 21.5. The number of pyridine rings is 1. The summed E-state index contributed by atoms with van der Waals surface area (Å²) in [5, 5.41) is 14.4. The minimum absolute atomic E-state index is 0.0473. The maximum Gasteiger partial charge on any atom is 0.461 e. The van der Waals surface area contributed by atoms with E-state index in [2.05, 4.69) is 20.4 Å². The summed E-state index contributed by atoms with van der Waals surface area (Å²) in [6.45, 7) is -0.848. The van der Waals surface area contributed by atoms with Crippen LogP contribution < -0.4 is 15.4 Å². The first-order valence-electron chi connectivity index (χ1n) is 11.7. The predicted molar refractivity (Wildman–Crippen MR) is 131 cm³/mol. The molecule has 222 valence electrons. The molecule has 0 unspecified atom stereocenters. The lowest BCUT2D eigenvalue weighted by molar-refractivity contribution is -0.253. The molecule has 0 saturated carbocycles. The molecule has 2 aromatic carbocycles. The predicted octanol–water partition coefficient (Wildman–Crippen LogP) is 6.21. The lowest BCUT2D eigenvalue weighted by Gasteiger charge is -2.36. The van der Waals surface area contributed by atoms with Gasteiger partial charge in [0.15, 0.2) is 0 Å². The number of alkyl halides is 7. The molecular weight excluding hydrogens is 590 g/mol. The average molecular weight is 612 g/mol. The summed E-state index contributed by atoms with van der Waals surface area (Å²) < 4.78 is 110. The lowest BCUT2D eigenvalue weighted by Crippen LogP contribution is -2.53. The second kappa shape index (κ2) is 12.9. The smallest absolute Gasteiger partial charge is 0.428 e. The van der Waals surface area contributed by atoms with Crippen LogP contribution >= 0.6 is 11.6 Å². The Morgan fingerprint density at radius 1 is 1.02 bits per heavy atom. The fourth-order valence-corrected chi connectivity index (χ4v) is 4.02. The molecule has 0 fully saturated rings. The zero-order valence-electron chi connectivity index (χ0n) is 20.7. The summed E-state index contributed by atoms with van der Waals surface area (Å²) in [7, 11) is 0. The average Bonchev–Trinajstić information content (AvgIpc) is 2.86. The van der Waals surface area contributed by atoms with Crippen molar-refractivity contribution in [1.82, 2.24) is 15.6 Å². The normalized spacial score (nSPS) is 14.3. The van der Waals surface area contributed by atoms with Crippen molar-refractivity contribution in [3.05, 3.63) is 94.5 Å². The molecule has 3 rings (SSSR count). The maximum absolute atomic E-state index is 14.8. The Balaban J connectivity index is 2.13. The summed E-state index contributed by atoms with van der Waals surface area (Å²) in [6.07, 6.45) is -16.7. The maximum atomic E-state index is 14.8. The summed E-state index contributed by atoms with van der Waals surface area (Å²) >= 11 is 5.95. The standard InChI is InChI=1S/C26H22ClF8N3O3/c27-17-6-7-21(36-13-17)24(11-15-4-2-1-3-5-15,38-23(40)37-14-19(39)12-25(31,32)33)16-8-18(28)10-20(9-16)41-26(34,35)22(29)30/h1-10,13,19,22,39H,11-12,14H2,(H2,37,38,40)/t19-,24-/m0/s1. The van der Waals surface area contributed by atoms with Crippen molar-refractivity contribution in [2.75, 3.05) is 6.54 Å². The minimum atomic E-state index is -4.99. The molecule has 0 aliphatic carbocycles. The highest BCUT2D eigenvalue weighted by atomic mass is 35.5. The van der Waals surface area contributed by atoms with Crippen LogP contribution in [0.25, 0.3) is 0 Å². The van der Waals surface area contributed by atoms with Gasteiger partial charge in [-0.15, -0.1) is 0 Å². The molecule has 0 radical (unpaired) electrons. The zero-order chi connectivity index (χ0) is 30.4. The SMILES string of the molecule is O=C(NC[C@@H](O)CC(F)(F)F)N[C@@](Cc1ccccc1)(c1cc(F)cc(OC(F)(F)C(F)F)c1)c1ccc(Cl)cn1. The Morgan fingerprint density at radius 2 is 1.71 bits per heavy atom. The number of aliphatic hydroxyl groups is 1. The second-order valence-electron chi connectivity index (χ2n) is 8.88.